The average Bonchev–Trinajstić information content (AvgIpc) is 2.93. The molecule has 0 aliphatic rings. The van der Waals surface area contributed by atoms with Gasteiger partial charge in [0.05, 0.1) is 12.9 Å². The highest BCUT2D eigenvalue weighted by Gasteiger charge is 2.12. The molecule has 0 radical (unpaired) electrons. The lowest BCUT2D eigenvalue weighted by molar-refractivity contribution is -0.114. The third-order valence-electron chi connectivity index (χ3n) is 2.41. The molecule has 110 valence electrons. The van der Waals surface area contributed by atoms with Gasteiger partial charge >= 0.3 is 6.01 Å². The van der Waals surface area contributed by atoms with Crippen LogP contribution in [-0.2, 0) is 9.59 Å². The van der Waals surface area contributed by atoms with Gasteiger partial charge in [-0.3, -0.25) is 14.9 Å². The number of ether oxygens (including phenoxy) is 1. The van der Waals surface area contributed by atoms with Gasteiger partial charge in [0.2, 0.25) is 11.8 Å². The first-order chi connectivity index (χ1) is 10.1. The SMILES string of the molecule is COc1ccc(-c2nnc(NC(=O)CSC(C)=O)o2)cc1. The fourth-order valence-corrected chi connectivity index (χ4v) is 1.85. The Morgan fingerprint density at radius 3 is 2.62 bits per heavy atom. The number of hydrogen-bond donors (Lipinski definition) is 1. The molecule has 7 nitrogen and oxygen atoms in total. The van der Waals surface area contributed by atoms with Crippen molar-refractivity contribution in [1.82, 2.24) is 10.2 Å². The average molecular weight is 307 g/mol. The highest BCUT2D eigenvalue weighted by Crippen LogP contribution is 2.22. The van der Waals surface area contributed by atoms with E-state index in [1.165, 1.54) is 6.92 Å². The van der Waals surface area contributed by atoms with E-state index in [4.69, 9.17) is 9.15 Å². The Labute approximate surface area is 125 Å². The van der Waals surface area contributed by atoms with E-state index in [-0.39, 0.29) is 28.7 Å². The summed E-state index contributed by atoms with van der Waals surface area (Å²) in [5.74, 6) is 0.635. The number of nitrogens with zero attached hydrogens (tertiary/aromatic N) is 2. The lowest BCUT2D eigenvalue weighted by atomic mass is 10.2. The van der Waals surface area contributed by atoms with Crippen LogP contribution in [0.5, 0.6) is 5.75 Å². The van der Waals surface area contributed by atoms with E-state index in [0.717, 1.165) is 11.8 Å². The molecule has 0 aliphatic heterocycles. The Morgan fingerprint density at radius 1 is 1.29 bits per heavy atom. The lowest BCUT2D eigenvalue weighted by Crippen LogP contribution is -2.15. The van der Waals surface area contributed by atoms with E-state index in [9.17, 15) is 9.59 Å². The van der Waals surface area contributed by atoms with Crippen molar-refractivity contribution in [2.75, 3.05) is 18.2 Å². The Balaban J connectivity index is 2.00. The third-order valence-corrected chi connectivity index (χ3v) is 3.23. The second kappa shape index (κ2) is 6.89. The number of thioether (sulfide) groups is 1. The summed E-state index contributed by atoms with van der Waals surface area (Å²) in [6.07, 6.45) is 0. The van der Waals surface area contributed by atoms with Gasteiger partial charge in [-0.05, 0) is 24.3 Å². The molecule has 0 saturated heterocycles. The topological polar surface area (TPSA) is 94.3 Å². The van der Waals surface area contributed by atoms with Crippen molar-refractivity contribution in [1.29, 1.82) is 0 Å². The number of benzene rings is 1. The number of amides is 1. The molecule has 2 rings (SSSR count). The van der Waals surface area contributed by atoms with Gasteiger partial charge in [-0.15, -0.1) is 5.10 Å². The van der Waals surface area contributed by atoms with Crippen LogP contribution in [-0.4, -0.2) is 34.1 Å². The second-order valence-corrected chi connectivity index (χ2v) is 5.12. The first kappa shape index (κ1) is 15.0. The normalized spacial score (nSPS) is 10.2. The quantitative estimate of drug-likeness (QED) is 0.902. The Kier molecular flexibility index (Phi) is 4.94. The van der Waals surface area contributed by atoms with Gasteiger partial charge in [0.25, 0.3) is 0 Å². The predicted octanol–water partition coefficient (Wildman–Crippen LogP) is 1.96. The number of rotatable bonds is 5. The zero-order valence-corrected chi connectivity index (χ0v) is 12.3. The monoisotopic (exact) mass is 307 g/mol. The fourth-order valence-electron chi connectivity index (χ4n) is 1.45. The summed E-state index contributed by atoms with van der Waals surface area (Å²) in [5.41, 5.74) is 0.710. The summed E-state index contributed by atoms with van der Waals surface area (Å²) in [7, 11) is 1.58. The van der Waals surface area contributed by atoms with Crippen LogP contribution < -0.4 is 10.1 Å². The molecule has 0 atom stereocenters. The molecule has 21 heavy (non-hydrogen) atoms. The standard InChI is InChI=1S/C13H13N3O4S/c1-8(17)21-7-11(18)14-13-16-15-12(20-13)9-3-5-10(19-2)6-4-9/h3-6H,7H2,1-2H3,(H,14,16,18). The minimum atomic E-state index is -0.375. The number of nitrogens with one attached hydrogen (secondary N) is 1. The summed E-state index contributed by atoms with van der Waals surface area (Å²) in [6.45, 7) is 1.40. The molecule has 0 unspecified atom stereocenters. The number of methoxy groups -OCH3 is 1. The van der Waals surface area contributed by atoms with E-state index >= 15 is 0 Å². The summed E-state index contributed by atoms with van der Waals surface area (Å²) in [5, 5.41) is 9.88. The molecular formula is C13H13N3O4S. The summed E-state index contributed by atoms with van der Waals surface area (Å²) in [6, 6.07) is 7.06. The molecular weight excluding hydrogens is 294 g/mol. The molecule has 0 fully saturated rings. The zero-order valence-electron chi connectivity index (χ0n) is 11.5. The maximum atomic E-state index is 11.5. The van der Waals surface area contributed by atoms with Gasteiger partial charge in [0, 0.05) is 12.5 Å². The number of hydrogen-bond acceptors (Lipinski definition) is 7. The van der Waals surface area contributed by atoms with Crippen molar-refractivity contribution in [3.8, 4) is 17.2 Å². The van der Waals surface area contributed by atoms with Crippen LogP contribution in [0.4, 0.5) is 6.01 Å². The van der Waals surface area contributed by atoms with Gasteiger partial charge in [-0.25, -0.2) is 0 Å². The molecule has 0 bridgehead atoms. The van der Waals surface area contributed by atoms with Crippen molar-refractivity contribution in [2.24, 2.45) is 0 Å². The minimum Gasteiger partial charge on any atom is -0.497 e. The number of carbonyl (C=O) groups is 2. The smallest absolute Gasteiger partial charge is 0.322 e. The predicted molar refractivity (Wildman–Crippen MR) is 78.1 cm³/mol. The van der Waals surface area contributed by atoms with Crippen LogP contribution in [0.15, 0.2) is 28.7 Å². The Hall–Kier alpha value is -2.35. The third kappa shape index (κ3) is 4.32. The van der Waals surface area contributed by atoms with Crippen LogP contribution in [0.2, 0.25) is 0 Å². The van der Waals surface area contributed by atoms with Crippen LogP contribution in [0.3, 0.4) is 0 Å². The number of aromatic nitrogens is 2. The van der Waals surface area contributed by atoms with Crippen molar-refractivity contribution < 1.29 is 18.7 Å². The molecule has 1 heterocycles. The first-order valence-corrected chi connectivity index (χ1v) is 6.98. The lowest BCUT2D eigenvalue weighted by Gasteiger charge is -1.99. The Bertz CT molecular complexity index is 639. The maximum absolute atomic E-state index is 11.5. The van der Waals surface area contributed by atoms with Crippen LogP contribution in [0.1, 0.15) is 6.92 Å². The van der Waals surface area contributed by atoms with Crippen molar-refractivity contribution in [3.63, 3.8) is 0 Å². The van der Waals surface area contributed by atoms with E-state index in [1.807, 2.05) is 0 Å². The molecule has 1 amide bonds. The van der Waals surface area contributed by atoms with Crippen LogP contribution in [0, 0.1) is 0 Å². The first-order valence-electron chi connectivity index (χ1n) is 5.99. The maximum Gasteiger partial charge on any atom is 0.322 e. The van der Waals surface area contributed by atoms with Crippen molar-refractivity contribution >= 4 is 28.8 Å². The summed E-state index contributed by atoms with van der Waals surface area (Å²) in [4.78, 5) is 22.3. The van der Waals surface area contributed by atoms with E-state index < -0.39 is 0 Å². The van der Waals surface area contributed by atoms with E-state index in [1.54, 1.807) is 31.4 Å². The molecule has 0 spiro atoms. The van der Waals surface area contributed by atoms with Gasteiger partial charge in [0.1, 0.15) is 5.75 Å². The van der Waals surface area contributed by atoms with E-state index in [2.05, 4.69) is 15.5 Å². The minimum absolute atomic E-state index is 0.00466. The molecule has 1 N–H and O–H groups in total. The second-order valence-electron chi connectivity index (χ2n) is 3.97. The molecule has 1 aromatic heterocycles. The van der Waals surface area contributed by atoms with Gasteiger partial charge < -0.3 is 9.15 Å². The van der Waals surface area contributed by atoms with Crippen molar-refractivity contribution in [2.45, 2.75) is 6.92 Å². The highest BCUT2D eigenvalue weighted by molar-refractivity contribution is 8.14. The molecule has 0 aliphatic carbocycles. The largest absolute Gasteiger partial charge is 0.497 e. The molecule has 8 heteroatoms. The number of anilines is 1. The van der Waals surface area contributed by atoms with Crippen LogP contribution >= 0.6 is 11.8 Å². The van der Waals surface area contributed by atoms with E-state index in [0.29, 0.717) is 11.3 Å². The van der Waals surface area contributed by atoms with Crippen molar-refractivity contribution in [3.05, 3.63) is 24.3 Å². The molecule has 0 saturated carbocycles. The molecule has 2 aromatic rings. The highest BCUT2D eigenvalue weighted by atomic mass is 32.2. The summed E-state index contributed by atoms with van der Waals surface area (Å²) >= 11 is 0.911. The fraction of sp³-hybridized carbons (Fsp3) is 0.231. The molecule has 1 aromatic carbocycles. The number of carbonyl (C=O) groups excluding carboxylic acids is 2. The zero-order chi connectivity index (χ0) is 15.2. The van der Waals surface area contributed by atoms with Crippen LogP contribution in [0.25, 0.3) is 11.5 Å². The van der Waals surface area contributed by atoms with Gasteiger partial charge in [-0.1, -0.05) is 16.9 Å². The summed E-state index contributed by atoms with van der Waals surface area (Å²) < 4.78 is 10.4. The van der Waals surface area contributed by atoms with Gasteiger partial charge in [-0.2, -0.15) is 0 Å². The Morgan fingerprint density at radius 2 is 2.00 bits per heavy atom. The van der Waals surface area contributed by atoms with Gasteiger partial charge in [0.15, 0.2) is 5.12 Å².